The topological polar surface area (TPSA) is 49.9 Å². The summed E-state index contributed by atoms with van der Waals surface area (Å²) in [5.74, 6) is 0.442. The van der Waals surface area contributed by atoms with Crippen molar-refractivity contribution in [2.24, 2.45) is 5.92 Å². The second kappa shape index (κ2) is 5.73. The summed E-state index contributed by atoms with van der Waals surface area (Å²) in [6.45, 7) is 3.68. The third-order valence-electron chi connectivity index (χ3n) is 4.10. The van der Waals surface area contributed by atoms with Gasteiger partial charge in [-0.15, -0.1) is 11.3 Å². The van der Waals surface area contributed by atoms with Crippen molar-refractivity contribution in [3.05, 3.63) is 17.5 Å². The first kappa shape index (κ1) is 14.5. The molecule has 0 bridgehead atoms. The first-order valence-electron chi connectivity index (χ1n) is 6.91. The van der Waals surface area contributed by atoms with Crippen LogP contribution in [0.1, 0.15) is 6.42 Å². The second-order valence-corrected chi connectivity index (χ2v) is 8.63. The minimum absolute atomic E-state index is 0.0310. The number of hydrogen-bond acceptors (Lipinski definition) is 5. The summed E-state index contributed by atoms with van der Waals surface area (Å²) in [6.07, 6.45) is 0.906. The Hall–Kier alpha value is -0.470. The van der Waals surface area contributed by atoms with Crippen LogP contribution < -0.4 is 0 Å². The first-order chi connectivity index (χ1) is 9.57. The van der Waals surface area contributed by atoms with E-state index in [9.17, 15) is 8.42 Å². The molecule has 0 N–H and O–H groups in total. The molecule has 2 atom stereocenters. The summed E-state index contributed by atoms with van der Waals surface area (Å²) < 4.78 is 33.0. The predicted molar refractivity (Wildman–Crippen MR) is 78.4 cm³/mol. The molecule has 0 unspecified atom stereocenters. The van der Waals surface area contributed by atoms with Crippen molar-refractivity contribution >= 4 is 21.4 Å². The highest BCUT2D eigenvalue weighted by Gasteiger charge is 2.37. The summed E-state index contributed by atoms with van der Waals surface area (Å²) in [5, 5.41) is 1.80. The van der Waals surface area contributed by atoms with E-state index in [1.807, 2.05) is 0 Å². The van der Waals surface area contributed by atoms with Crippen molar-refractivity contribution in [2.45, 2.75) is 16.7 Å². The standard InChI is InChI=1S/C13H20N2O3S2/c1-14-6-7-18-12-10-15(5-4-11(12)9-14)20(16,17)13-3-2-8-19-13/h2-3,8,11-12H,4-7,9-10H2,1H3/t11-,12-/m1/s1. The van der Waals surface area contributed by atoms with E-state index >= 15 is 0 Å². The highest BCUT2D eigenvalue weighted by molar-refractivity contribution is 7.91. The fraction of sp³-hybridized carbons (Fsp3) is 0.692. The van der Waals surface area contributed by atoms with Crippen LogP contribution in [0.3, 0.4) is 0 Å². The van der Waals surface area contributed by atoms with Crippen molar-refractivity contribution < 1.29 is 13.2 Å². The molecule has 0 aromatic carbocycles. The number of fused-ring (bicyclic) bond motifs is 1. The van der Waals surface area contributed by atoms with Crippen molar-refractivity contribution in [3.63, 3.8) is 0 Å². The molecular formula is C13H20N2O3S2. The van der Waals surface area contributed by atoms with Crippen LogP contribution in [-0.2, 0) is 14.8 Å². The predicted octanol–water partition coefficient (Wildman–Crippen LogP) is 1.09. The highest BCUT2D eigenvalue weighted by Crippen LogP contribution is 2.29. The molecule has 3 heterocycles. The summed E-state index contributed by atoms with van der Waals surface area (Å²) in [4.78, 5) is 2.27. The maximum absolute atomic E-state index is 12.5. The third kappa shape index (κ3) is 2.78. The van der Waals surface area contributed by atoms with Gasteiger partial charge in [-0.2, -0.15) is 4.31 Å². The van der Waals surface area contributed by atoms with Gasteiger partial charge in [0.15, 0.2) is 0 Å². The zero-order valence-corrected chi connectivity index (χ0v) is 13.2. The molecule has 0 aliphatic carbocycles. The van der Waals surface area contributed by atoms with Crippen LogP contribution in [0.4, 0.5) is 0 Å². The average molecular weight is 316 g/mol. The van der Waals surface area contributed by atoms with Crippen molar-refractivity contribution in [1.29, 1.82) is 0 Å². The number of sulfonamides is 1. The first-order valence-corrected chi connectivity index (χ1v) is 9.23. The van der Waals surface area contributed by atoms with Gasteiger partial charge in [0, 0.05) is 32.1 Å². The molecule has 7 heteroatoms. The van der Waals surface area contributed by atoms with Gasteiger partial charge in [-0.25, -0.2) is 8.42 Å². The Morgan fingerprint density at radius 2 is 2.20 bits per heavy atom. The number of ether oxygens (including phenoxy) is 1. The normalized spacial score (nSPS) is 29.9. The monoisotopic (exact) mass is 316 g/mol. The van der Waals surface area contributed by atoms with E-state index in [2.05, 4.69) is 11.9 Å². The number of hydrogen-bond donors (Lipinski definition) is 0. The van der Waals surface area contributed by atoms with Gasteiger partial charge in [0.25, 0.3) is 10.0 Å². The van der Waals surface area contributed by atoms with E-state index in [0.717, 1.165) is 19.5 Å². The minimum Gasteiger partial charge on any atom is -0.375 e. The summed E-state index contributed by atoms with van der Waals surface area (Å²) in [7, 11) is -1.24. The van der Waals surface area contributed by atoms with E-state index in [1.165, 1.54) is 11.3 Å². The number of rotatable bonds is 2. The molecule has 1 aromatic rings. The van der Waals surface area contributed by atoms with Gasteiger partial charge >= 0.3 is 0 Å². The van der Waals surface area contributed by atoms with E-state index in [-0.39, 0.29) is 6.10 Å². The molecule has 2 fully saturated rings. The molecule has 2 aliphatic heterocycles. The Morgan fingerprint density at radius 1 is 1.35 bits per heavy atom. The number of likely N-dealkylation sites (N-methyl/N-ethyl adjacent to an activating group) is 1. The third-order valence-corrected chi connectivity index (χ3v) is 7.34. The smallest absolute Gasteiger partial charge is 0.252 e. The van der Waals surface area contributed by atoms with Crippen molar-refractivity contribution in [1.82, 2.24) is 9.21 Å². The zero-order valence-electron chi connectivity index (χ0n) is 11.6. The van der Waals surface area contributed by atoms with Crippen LogP contribution >= 0.6 is 11.3 Å². The van der Waals surface area contributed by atoms with Gasteiger partial charge in [-0.05, 0) is 24.9 Å². The number of thiophene rings is 1. The molecule has 1 aromatic heterocycles. The van der Waals surface area contributed by atoms with E-state index in [1.54, 1.807) is 21.8 Å². The van der Waals surface area contributed by atoms with Gasteiger partial charge in [0.2, 0.25) is 0 Å². The quantitative estimate of drug-likeness (QED) is 0.819. The Morgan fingerprint density at radius 3 is 2.95 bits per heavy atom. The van der Waals surface area contributed by atoms with Gasteiger partial charge in [-0.1, -0.05) is 6.07 Å². The lowest BCUT2D eigenvalue weighted by Crippen LogP contribution is -2.48. The van der Waals surface area contributed by atoms with E-state index in [4.69, 9.17) is 4.74 Å². The minimum atomic E-state index is -3.34. The van der Waals surface area contributed by atoms with Gasteiger partial charge in [0.1, 0.15) is 4.21 Å². The molecule has 0 saturated carbocycles. The van der Waals surface area contributed by atoms with Gasteiger partial charge in [-0.3, -0.25) is 0 Å². The Labute approximate surface area is 124 Å². The molecule has 3 rings (SSSR count). The van der Waals surface area contributed by atoms with Crippen LogP contribution in [0.25, 0.3) is 0 Å². The molecule has 20 heavy (non-hydrogen) atoms. The van der Waals surface area contributed by atoms with E-state index in [0.29, 0.717) is 29.8 Å². The molecule has 2 aliphatic rings. The average Bonchev–Trinajstić information content (AvgIpc) is 2.89. The van der Waals surface area contributed by atoms with Crippen LogP contribution in [0.15, 0.2) is 21.7 Å². The summed E-state index contributed by atoms with van der Waals surface area (Å²) >= 11 is 1.28. The lowest BCUT2D eigenvalue weighted by Gasteiger charge is -2.36. The second-order valence-electron chi connectivity index (χ2n) is 5.52. The maximum Gasteiger partial charge on any atom is 0.252 e. The number of piperidine rings is 1. The van der Waals surface area contributed by atoms with Gasteiger partial charge in [0.05, 0.1) is 12.7 Å². The summed E-state index contributed by atoms with van der Waals surface area (Å²) in [6, 6.07) is 3.45. The van der Waals surface area contributed by atoms with Crippen LogP contribution in [0.5, 0.6) is 0 Å². The fourth-order valence-electron chi connectivity index (χ4n) is 2.94. The Bertz CT molecular complexity index is 544. The largest absolute Gasteiger partial charge is 0.375 e. The molecule has 5 nitrogen and oxygen atoms in total. The van der Waals surface area contributed by atoms with Crippen LogP contribution in [-0.4, -0.2) is 63.6 Å². The Balaban J connectivity index is 1.75. The van der Waals surface area contributed by atoms with Crippen LogP contribution in [0, 0.1) is 5.92 Å². The molecule has 0 spiro atoms. The molecule has 112 valence electrons. The number of nitrogens with zero attached hydrogens (tertiary/aromatic N) is 2. The fourth-order valence-corrected chi connectivity index (χ4v) is 5.55. The Kier molecular flexibility index (Phi) is 4.14. The van der Waals surface area contributed by atoms with Crippen molar-refractivity contribution in [2.75, 3.05) is 39.8 Å². The summed E-state index contributed by atoms with van der Waals surface area (Å²) in [5.41, 5.74) is 0. The van der Waals surface area contributed by atoms with Crippen molar-refractivity contribution in [3.8, 4) is 0 Å². The lowest BCUT2D eigenvalue weighted by molar-refractivity contribution is -0.00184. The maximum atomic E-state index is 12.5. The van der Waals surface area contributed by atoms with E-state index < -0.39 is 10.0 Å². The highest BCUT2D eigenvalue weighted by atomic mass is 32.2. The van der Waals surface area contributed by atoms with Gasteiger partial charge < -0.3 is 9.64 Å². The molecule has 2 saturated heterocycles. The SMILES string of the molecule is CN1CCO[C@@H]2CN(S(=O)(=O)c3cccs3)CC[C@@H]2C1. The molecular weight excluding hydrogens is 296 g/mol. The molecule has 0 amide bonds. The zero-order chi connectivity index (χ0) is 14.2. The lowest BCUT2D eigenvalue weighted by atomic mass is 9.95. The molecule has 0 radical (unpaired) electrons. The van der Waals surface area contributed by atoms with Crippen LogP contribution in [0.2, 0.25) is 0 Å².